The topological polar surface area (TPSA) is 0 Å². The van der Waals surface area contributed by atoms with Crippen LogP contribution < -0.4 is 24.8 Å². The molecule has 0 heterocycles. The van der Waals surface area contributed by atoms with E-state index < -0.39 is 0 Å². The first-order valence-electron chi connectivity index (χ1n) is 9.90. The second kappa shape index (κ2) is 14.2. The van der Waals surface area contributed by atoms with Crippen molar-refractivity contribution in [3.63, 3.8) is 0 Å². The Kier molecular flexibility index (Phi) is 12.9. The van der Waals surface area contributed by atoms with Gasteiger partial charge >= 0.3 is 66.0 Å². The predicted molar refractivity (Wildman–Crippen MR) is 108 cm³/mol. The number of fused-ring (bicyclic) bond motifs is 3. The van der Waals surface area contributed by atoms with Gasteiger partial charge in [0.2, 0.25) is 0 Å². The van der Waals surface area contributed by atoms with Gasteiger partial charge in [-0.1, -0.05) is 11.6 Å². The van der Waals surface area contributed by atoms with E-state index in [9.17, 15) is 8.78 Å². The van der Waals surface area contributed by atoms with Crippen molar-refractivity contribution in [3.05, 3.63) is 83.5 Å². The molecule has 0 bridgehead atoms. The zero-order valence-corrected chi connectivity index (χ0v) is 20.8. The minimum atomic E-state index is -0.328. The van der Waals surface area contributed by atoms with Crippen LogP contribution >= 0.6 is 0 Å². The molecule has 0 atom stereocenters. The number of rotatable bonds is 0. The van der Waals surface area contributed by atoms with Gasteiger partial charge < -0.3 is 24.8 Å². The average molecular weight is 525 g/mol. The molecule has 30 heavy (non-hydrogen) atoms. The summed E-state index contributed by atoms with van der Waals surface area (Å²) in [5.41, 5.74) is 3.54. The molecular weight excluding hydrogens is 500 g/mol. The first-order valence-corrected chi connectivity index (χ1v) is 11.1. The van der Waals surface area contributed by atoms with E-state index in [1.165, 1.54) is 62.8 Å². The van der Waals surface area contributed by atoms with E-state index in [1.807, 2.05) is 15.4 Å². The van der Waals surface area contributed by atoms with Crippen LogP contribution in [0.5, 0.6) is 0 Å². The number of benzene rings is 2. The predicted octanol–water partition coefficient (Wildman–Crippen LogP) is 0.710. The summed E-state index contributed by atoms with van der Waals surface area (Å²) in [7, 11) is 0. The molecule has 0 spiro atoms. The van der Waals surface area contributed by atoms with Crippen molar-refractivity contribution in [1.29, 1.82) is 0 Å². The summed E-state index contributed by atoms with van der Waals surface area (Å²) in [4.78, 5) is 0. The maximum absolute atomic E-state index is 13.1. The molecule has 0 nitrogen and oxygen atoms in total. The van der Waals surface area contributed by atoms with E-state index in [0.717, 1.165) is 28.7 Å². The molecule has 2 aromatic carbocycles. The molecule has 3 aliphatic rings. The van der Waals surface area contributed by atoms with Crippen LogP contribution in [0, 0.1) is 23.8 Å². The molecule has 0 N–H and O–H groups in total. The van der Waals surface area contributed by atoms with Gasteiger partial charge in [0, 0.05) is 5.82 Å². The second-order valence-electron chi connectivity index (χ2n) is 7.21. The molecule has 0 amide bonds. The first kappa shape index (κ1) is 27.1. The molecule has 0 saturated heterocycles. The molecule has 5 heteroatoms. The number of hydrogen-bond acceptors (Lipinski definition) is 0. The zero-order valence-electron chi connectivity index (χ0n) is 16.8. The third-order valence-electron chi connectivity index (χ3n) is 5.01. The molecule has 158 valence electrons. The summed E-state index contributed by atoms with van der Waals surface area (Å²) in [6.45, 7) is 0. The Bertz CT molecular complexity index is 821. The summed E-state index contributed by atoms with van der Waals surface area (Å²) in [6.07, 6.45) is 19.5. The Morgan fingerprint density at radius 1 is 0.867 bits per heavy atom. The Labute approximate surface area is 206 Å². The van der Waals surface area contributed by atoms with Gasteiger partial charge in [0.15, 0.2) is 0 Å². The van der Waals surface area contributed by atoms with Crippen molar-refractivity contribution in [1.82, 2.24) is 0 Å². The first-order chi connectivity index (χ1) is 13.6. The van der Waals surface area contributed by atoms with Gasteiger partial charge in [0.25, 0.3) is 0 Å². The van der Waals surface area contributed by atoms with Crippen LogP contribution in [0.25, 0.3) is 11.1 Å². The van der Waals surface area contributed by atoms with Gasteiger partial charge in [-0.2, -0.15) is 12.1 Å². The Morgan fingerprint density at radius 3 is 2.17 bits per heavy atom. The number of allylic oxidation sites excluding steroid dienone is 4. The molecule has 0 radical (unpaired) electrons. The van der Waals surface area contributed by atoms with Crippen molar-refractivity contribution >= 4 is 3.21 Å². The van der Waals surface area contributed by atoms with Crippen LogP contribution in [-0.4, -0.2) is 3.21 Å². The van der Waals surface area contributed by atoms with Crippen LogP contribution in [0.1, 0.15) is 56.1 Å². The molecule has 1 saturated carbocycles. The summed E-state index contributed by atoms with van der Waals surface area (Å²) >= 11 is 1.69. The fourth-order valence-electron chi connectivity index (χ4n) is 3.53. The molecule has 0 unspecified atom stereocenters. The quantitative estimate of drug-likeness (QED) is 0.300. The normalized spacial score (nSPS) is 15.3. The van der Waals surface area contributed by atoms with Gasteiger partial charge in [0.1, 0.15) is 5.82 Å². The molecule has 1 fully saturated rings. The molecule has 2 aromatic rings. The molecule has 5 rings (SSSR count). The summed E-state index contributed by atoms with van der Waals surface area (Å²) in [6, 6.07) is 10.3. The van der Waals surface area contributed by atoms with Crippen molar-refractivity contribution in [2.75, 3.05) is 0 Å². The van der Waals surface area contributed by atoms with Crippen molar-refractivity contribution in [3.8, 4) is 11.1 Å². The van der Waals surface area contributed by atoms with Crippen LogP contribution in [0.3, 0.4) is 0 Å². The molecule has 0 aromatic heterocycles. The third kappa shape index (κ3) is 8.33. The molecular formula is C25H24Cl2F2Zr-2. The van der Waals surface area contributed by atoms with E-state index in [-0.39, 0.29) is 36.4 Å². The van der Waals surface area contributed by atoms with E-state index in [0.29, 0.717) is 6.42 Å². The van der Waals surface area contributed by atoms with E-state index in [4.69, 9.17) is 0 Å². The summed E-state index contributed by atoms with van der Waals surface area (Å²) in [5, 5.41) is 0. The van der Waals surface area contributed by atoms with E-state index >= 15 is 0 Å². The van der Waals surface area contributed by atoms with Gasteiger partial charge in [0.05, 0.1) is 0 Å². The Morgan fingerprint density at radius 2 is 1.57 bits per heavy atom. The van der Waals surface area contributed by atoms with Crippen molar-refractivity contribution in [2.24, 2.45) is 0 Å². The summed E-state index contributed by atoms with van der Waals surface area (Å²) in [5.74, 6) is -0.614. The van der Waals surface area contributed by atoms with Crippen LogP contribution in [0.2, 0.25) is 0 Å². The van der Waals surface area contributed by atoms with Gasteiger partial charge in [-0.25, -0.2) is 16.5 Å². The van der Waals surface area contributed by atoms with Crippen LogP contribution in [-0.2, 0) is 30.7 Å². The van der Waals surface area contributed by atoms with E-state index in [1.54, 1.807) is 30.3 Å². The Hall–Kier alpha value is -0.887. The van der Waals surface area contributed by atoms with Gasteiger partial charge in [-0.05, 0) is 24.1 Å². The fourth-order valence-corrected chi connectivity index (χ4v) is 4.40. The standard InChI is InChI=1S/C13H7F2.C7H12.C5H5.2ClH.Zr/c14-10-3-1-8-5-9-2-4-11(15)7-13(9)12(8)6-10;1-2-4-6-7-5-3-1;1-2-4-5-3-1;;;/h1,3-4,6-7H,5H2;1-6H2;1-3H,4H2;2*1H;/q-1;;-1;;;+2/p-2. The van der Waals surface area contributed by atoms with E-state index in [2.05, 4.69) is 18.2 Å². The molecule has 3 aliphatic carbocycles. The Balaban J connectivity index is 0.000000255. The second-order valence-corrected chi connectivity index (χ2v) is 8.95. The minimum absolute atomic E-state index is 0. The van der Waals surface area contributed by atoms with Crippen molar-refractivity contribution < 1.29 is 57.8 Å². The SMILES string of the molecule is Fc1c[c-]c2c(c1)-c1cc(F)ccc1C2.[C-]1=CC=CC1.[Cl-].[Cl-].[Zr+2]=[C]1CCCCCC1. The monoisotopic (exact) mass is 522 g/mol. The summed E-state index contributed by atoms with van der Waals surface area (Å²) < 4.78 is 27.9. The zero-order chi connectivity index (χ0) is 19.8. The van der Waals surface area contributed by atoms with Gasteiger partial charge in [-0.3, -0.25) is 10.5 Å². The van der Waals surface area contributed by atoms with Gasteiger partial charge in [-0.15, -0.1) is 29.7 Å². The fraction of sp³-hybridized carbons (Fsp3) is 0.320. The molecule has 0 aliphatic heterocycles. The average Bonchev–Trinajstić information content (AvgIpc) is 3.31. The van der Waals surface area contributed by atoms with Crippen LogP contribution in [0.4, 0.5) is 8.78 Å². The third-order valence-corrected chi connectivity index (χ3v) is 6.24. The number of halogens is 4. The van der Waals surface area contributed by atoms with Crippen LogP contribution in [0.15, 0.2) is 48.6 Å². The van der Waals surface area contributed by atoms with Crippen molar-refractivity contribution in [2.45, 2.75) is 51.4 Å². The number of hydrogen-bond donors (Lipinski definition) is 0. The maximum atomic E-state index is 13.1.